The zero-order valence-corrected chi connectivity index (χ0v) is 11.0. The zero-order valence-electron chi connectivity index (χ0n) is 11.0. The Hall–Kier alpha value is -0.870. The summed E-state index contributed by atoms with van der Waals surface area (Å²) in [5.41, 5.74) is 7.62. The van der Waals surface area contributed by atoms with Crippen molar-refractivity contribution < 1.29 is 0 Å². The summed E-state index contributed by atoms with van der Waals surface area (Å²) < 4.78 is 2.26. The Balaban J connectivity index is 2.25. The predicted octanol–water partition coefficient (Wildman–Crippen LogP) is 1.78. The molecule has 96 valence electrons. The van der Waals surface area contributed by atoms with Gasteiger partial charge in [0.05, 0.1) is 18.1 Å². The average molecular weight is 236 g/mol. The van der Waals surface area contributed by atoms with Gasteiger partial charge < -0.3 is 10.3 Å². The SMILES string of the molecule is CCCn1cncc1C1C(N)CCCCN1C. The molecule has 0 saturated carbocycles. The smallest absolute Gasteiger partial charge is 0.0948 e. The normalized spacial score (nSPS) is 27.0. The third kappa shape index (κ3) is 2.69. The second kappa shape index (κ2) is 5.65. The first-order valence-corrected chi connectivity index (χ1v) is 6.70. The average Bonchev–Trinajstić information content (AvgIpc) is 2.67. The van der Waals surface area contributed by atoms with Crippen LogP contribution in [0.1, 0.15) is 44.3 Å². The van der Waals surface area contributed by atoms with Crippen LogP contribution >= 0.6 is 0 Å². The van der Waals surface area contributed by atoms with Gasteiger partial charge in [0.1, 0.15) is 0 Å². The van der Waals surface area contributed by atoms with Crippen LogP contribution in [0.4, 0.5) is 0 Å². The maximum absolute atomic E-state index is 6.34. The minimum Gasteiger partial charge on any atom is -0.333 e. The molecular formula is C13H24N4. The molecule has 2 rings (SSSR count). The van der Waals surface area contributed by atoms with Gasteiger partial charge in [0.25, 0.3) is 0 Å². The summed E-state index contributed by atoms with van der Waals surface area (Å²) in [6.45, 7) is 4.36. The van der Waals surface area contributed by atoms with Crippen molar-refractivity contribution in [3.63, 3.8) is 0 Å². The van der Waals surface area contributed by atoms with Crippen LogP contribution in [0.5, 0.6) is 0 Å². The molecule has 4 nitrogen and oxygen atoms in total. The summed E-state index contributed by atoms with van der Waals surface area (Å²) in [7, 11) is 2.18. The Bertz CT molecular complexity index is 335. The quantitative estimate of drug-likeness (QED) is 0.870. The maximum atomic E-state index is 6.34. The van der Waals surface area contributed by atoms with Crippen molar-refractivity contribution in [2.75, 3.05) is 13.6 Å². The molecular weight excluding hydrogens is 212 g/mol. The van der Waals surface area contributed by atoms with E-state index >= 15 is 0 Å². The highest BCUT2D eigenvalue weighted by atomic mass is 15.2. The fraction of sp³-hybridized carbons (Fsp3) is 0.769. The van der Waals surface area contributed by atoms with Crippen molar-refractivity contribution in [3.8, 4) is 0 Å². The van der Waals surface area contributed by atoms with E-state index in [4.69, 9.17) is 5.73 Å². The zero-order chi connectivity index (χ0) is 12.3. The van der Waals surface area contributed by atoms with E-state index in [1.165, 1.54) is 18.5 Å². The summed E-state index contributed by atoms with van der Waals surface area (Å²) in [5, 5.41) is 0. The first-order chi connectivity index (χ1) is 8.24. The van der Waals surface area contributed by atoms with Gasteiger partial charge in [-0.15, -0.1) is 0 Å². The molecule has 4 heteroatoms. The van der Waals surface area contributed by atoms with Crippen LogP contribution in [-0.4, -0.2) is 34.1 Å². The van der Waals surface area contributed by atoms with E-state index in [1.807, 2.05) is 12.5 Å². The first kappa shape index (κ1) is 12.6. The molecule has 1 saturated heterocycles. The molecule has 2 N–H and O–H groups in total. The van der Waals surface area contributed by atoms with Crippen LogP contribution < -0.4 is 5.73 Å². The minimum atomic E-state index is 0.231. The number of aromatic nitrogens is 2. The third-order valence-electron chi connectivity index (χ3n) is 3.69. The largest absolute Gasteiger partial charge is 0.333 e. The Labute approximate surface area is 104 Å². The van der Waals surface area contributed by atoms with Crippen LogP contribution in [0.3, 0.4) is 0 Å². The molecule has 1 aromatic heterocycles. The highest BCUT2D eigenvalue weighted by Gasteiger charge is 2.28. The molecule has 0 spiro atoms. The van der Waals surface area contributed by atoms with Gasteiger partial charge in [0.2, 0.25) is 0 Å². The van der Waals surface area contributed by atoms with Crippen molar-refractivity contribution >= 4 is 0 Å². The number of nitrogens with zero attached hydrogens (tertiary/aromatic N) is 3. The molecule has 1 fully saturated rings. The summed E-state index contributed by atoms with van der Waals surface area (Å²) in [6.07, 6.45) is 8.67. The lowest BCUT2D eigenvalue weighted by atomic mass is 10.0. The second-order valence-electron chi connectivity index (χ2n) is 5.10. The van der Waals surface area contributed by atoms with Crippen molar-refractivity contribution in [2.45, 2.75) is 51.2 Å². The molecule has 1 aliphatic heterocycles. The molecule has 1 aliphatic rings. The number of aryl methyl sites for hydroxylation is 1. The van der Waals surface area contributed by atoms with Gasteiger partial charge in [0, 0.05) is 18.8 Å². The van der Waals surface area contributed by atoms with Crippen molar-refractivity contribution in [1.29, 1.82) is 0 Å². The van der Waals surface area contributed by atoms with E-state index in [-0.39, 0.29) is 6.04 Å². The molecule has 0 aliphatic carbocycles. The second-order valence-corrected chi connectivity index (χ2v) is 5.10. The molecule has 0 amide bonds. The van der Waals surface area contributed by atoms with Gasteiger partial charge in [0.15, 0.2) is 0 Å². The van der Waals surface area contributed by atoms with E-state index in [2.05, 4.69) is 28.4 Å². The number of likely N-dealkylation sites (N-methyl/N-ethyl adjacent to an activating group) is 1. The summed E-state index contributed by atoms with van der Waals surface area (Å²) in [5.74, 6) is 0. The maximum Gasteiger partial charge on any atom is 0.0948 e. The third-order valence-corrected chi connectivity index (χ3v) is 3.69. The predicted molar refractivity (Wildman–Crippen MR) is 69.7 cm³/mol. The van der Waals surface area contributed by atoms with Crippen LogP contribution in [0, 0.1) is 0 Å². The van der Waals surface area contributed by atoms with E-state index in [0.29, 0.717) is 6.04 Å². The highest BCUT2D eigenvalue weighted by molar-refractivity contribution is 5.09. The van der Waals surface area contributed by atoms with Gasteiger partial charge in [-0.05, 0) is 32.9 Å². The molecule has 2 unspecified atom stereocenters. The highest BCUT2D eigenvalue weighted by Crippen LogP contribution is 2.28. The number of hydrogen-bond acceptors (Lipinski definition) is 3. The molecule has 0 aromatic carbocycles. The fourth-order valence-electron chi connectivity index (χ4n) is 2.82. The van der Waals surface area contributed by atoms with Crippen molar-refractivity contribution in [1.82, 2.24) is 14.5 Å². The van der Waals surface area contributed by atoms with Crippen LogP contribution in [-0.2, 0) is 6.54 Å². The number of imidazole rings is 1. The molecule has 17 heavy (non-hydrogen) atoms. The lowest BCUT2D eigenvalue weighted by Gasteiger charge is -2.30. The van der Waals surface area contributed by atoms with Gasteiger partial charge in [-0.1, -0.05) is 13.3 Å². The Morgan fingerprint density at radius 3 is 3.06 bits per heavy atom. The standard InChI is InChI=1S/C13H24N4/c1-3-7-17-10-15-9-12(17)13-11(14)6-4-5-8-16(13)2/h9-11,13H,3-8,14H2,1-2H3. The van der Waals surface area contributed by atoms with E-state index in [9.17, 15) is 0 Å². The van der Waals surface area contributed by atoms with Gasteiger partial charge in [-0.2, -0.15) is 0 Å². The van der Waals surface area contributed by atoms with Crippen molar-refractivity contribution in [2.24, 2.45) is 5.73 Å². The number of nitrogens with two attached hydrogens (primary N) is 1. The number of likely N-dealkylation sites (tertiary alicyclic amines) is 1. The summed E-state index contributed by atoms with van der Waals surface area (Å²) >= 11 is 0. The van der Waals surface area contributed by atoms with Crippen molar-refractivity contribution in [3.05, 3.63) is 18.2 Å². The van der Waals surface area contributed by atoms with Gasteiger partial charge >= 0.3 is 0 Å². The van der Waals surface area contributed by atoms with Crippen LogP contribution in [0.2, 0.25) is 0 Å². The van der Waals surface area contributed by atoms with Crippen LogP contribution in [0.15, 0.2) is 12.5 Å². The lowest BCUT2D eigenvalue weighted by Crippen LogP contribution is -2.38. The van der Waals surface area contributed by atoms with Gasteiger partial charge in [-0.25, -0.2) is 4.98 Å². The van der Waals surface area contributed by atoms with E-state index in [1.54, 1.807) is 0 Å². The van der Waals surface area contributed by atoms with E-state index < -0.39 is 0 Å². The summed E-state index contributed by atoms with van der Waals surface area (Å²) in [6, 6.07) is 0.557. The fourth-order valence-corrected chi connectivity index (χ4v) is 2.82. The molecule has 2 atom stereocenters. The lowest BCUT2D eigenvalue weighted by molar-refractivity contribution is 0.220. The molecule has 0 radical (unpaired) electrons. The molecule has 2 heterocycles. The Morgan fingerprint density at radius 1 is 1.47 bits per heavy atom. The van der Waals surface area contributed by atoms with Crippen LogP contribution in [0.25, 0.3) is 0 Å². The Kier molecular flexibility index (Phi) is 4.18. The number of rotatable bonds is 3. The van der Waals surface area contributed by atoms with E-state index in [0.717, 1.165) is 25.9 Å². The summed E-state index contributed by atoms with van der Waals surface area (Å²) in [4.78, 5) is 6.69. The topological polar surface area (TPSA) is 47.1 Å². The van der Waals surface area contributed by atoms with Gasteiger partial charge in [-0.3, -0.25) is 4.90 Å². The Morgan fingerprint density at radius 2 is 2.29 bits per heavy atom. The molecule has 0 bridgehead atoms. The monoisotopic (exact) mass is 236 g/mol. The molecule has 1 aromatic rings. The first-order valence-electron chi connectivity index (χ1n) is 6.70. The number of hydrogen-bond donors (Lipinski definition) is 1. The minimum absolute atomic E-state index is 0.231.